The highest BCUT2D eigenvalue weighted by molar-refractivity contribution is 7.92. The summed E-state index contributed by atoms with van der Waals surface area (Å²) in [7, 11) is -0.823. The Kier molecular flexibility index (Phi) is 4.15. The van der Waals surface area contributed by atoms with Gasteiger partial charge in [-0.3, -0.25) is 4.31 Å². The van der Waals surface area contributed by atoms with Gasteiger partial charge in [-0.2, -0.15) is 5.26 Å². The second-order valence-electron chi connectivity index (χ2n) is 4.28. The predicted octanol–water partition coefficient (Wildman–Crippen LogP) is 2.39. The van der Waals surface area contributed by atoms with Gasteiger partial charge in [0, 0.05) is 7.05 Å². The maximum Gasteiger partial charge on any atom is 0.264 e. The lowest BCUT2D eigenvalue weighted by Crippen LogP contribution is -2.27. The van der Waals surface area contributed by atoms with Crippen molar-refractivity contribution < 1.29 is 13.2 Å². The number of anilines is 1. The van der Waals surface area contributed by atoms with Crippen molar-refractivity contribution in [1.82, 2.24) is 0 Å². The van der Waals surface area contributed by atoms with Crippen molar-refractivity contribution in [1.29, 1.82) is 5.26 Å². The fourth-order valence-corrected chi connectivity index (χ4v) is 3.16. The van der Waals surface area contributed by atoms with Gasteiger partial charge in [0.2, 0.25) is 0 Å². The van der Waals surface area contributed by atoms with Crippen LogP contribution in [0.3, 0.4) is 0 Å². The Bertz CT molecular complexity index is 795. The summed E-state index contributed by atoms with van der Waals surface area (Å²) in [5.74, 6) is 0.458. The van der Waals surface area contributed by atoms with E-state index in [0.29, 0.717) is 17.0 Å². The number of para-hydroxylation sites is 2. The van der Waals surface area contributed by atoms with Crippen LogP contribution >= 0.6 is 0 Å². The number of hydrogen-bond donors (Lipinski definition) is 0. The normalized spacial score (nSPS) is 10.7. The Hall–Kier alpha value is -2.52. The number of benzene rings is 2. The molecule has 108 valence electrons. The molecule has 0 saturated carbocycles. The van der Waals surface area contributed by atoms with Crippen LogP contribution in [-0.2, 0) is 10.0 Å². The highest BCUT2D eigenvalue weighted by atomic mass is 32.2. The van der Waals surface area contributed by atoms with Gasteiger partial charge in [-0.05, 0) is 30.3 Å². The maximum atomic E-state index is 12.6. The third kappa shape index (κ3) is 2.83. The van der Waals surface area contributed by atoms with Gasteiger partial charge in [0.25, 0.3) is 10.0 Å². The van der Waals surface area contributed by atoms with Crippen molar-refractivity contribution in [3.63, 3.8) is 0 Å². The fourth-order valence-electron chi connectivity index (χ4n) is 1.90. The van der Waals surface area contributed by atoms with Crippen molar-refractivity contribution in [2.45, 2.75) is 4.90 Å². The Balaban J connectivity index is 2.50. The Morgan fingerprint density at radius 1 is 1.14 bits per heavy atom. The van der Waals surface area contributed by atoms with Gasteiger partial charge in [0.1, 0.15) is 5.75 Å². The average molecular weight is 302 g/mol. The Morgan fingerprint density at radius 2 is 1.86 bits per heavy atom. The molecule has 0 amide bonds. The summed E-state index contributed by atoms with van der Waals surface area (Å²) >= 11 is 0. The molecular formula is C15H14N2O3S. The SMILES string of the molecule is COc1ccccc1N(C)S(=O)(=O)c1cccc(C#N)c1. The van der Waals surface area contributed by atoms with Crippen LogP contribution < -0.4 is 9.04 Å². The van der Waals surface area contributed by atoms with Crippen molar-refractivity contribution >= 4 is 15.7 Å². The van der Waals surface area contributed by atoms with Gasteiger partial charge in [-0.1, -0.05) is 18.2 Å². The number of rotatable bonds is 4. The molecule has 21 heavy (non-hydrogen) atoms. The standard InChI is InChI=1S/C15H14N2O3S/c1-17(14-8-3-4-9-15(14)20-2)21(18,19)13-7-5-6-12(10-13)11-16/h3-10H,1-2H3. The largest absolute Gasteiger partial charge is 0.495 e. The number of hydrogen-bond acceptors (Lipinski definition) is 4. The maximum absolute atomic E-state index is 12.6. The van der Waals surface area contributed by atoms with Crippen LogP contribution in [0.4, 0.5) is 5.69 Å². The van der Waals surface area contributed by atoms with Gasteiger partial charge in [-0.25, -0.2) is 8.42 Å². The molecule has 0 N–H and O–H groups in total. The van der Waals surface area contributed by atoms with E-state index in [-0.39, 0.29) is 4.90 Å². The molecule has 5 nitrogen and oxygen atoms in total. The van der Waals surface area contributed by atoms with Gasteiger partial charge in [0.05, 0.1) is 29.3 Å². The molecule has 2 rings (SSSR count). The third-order valence-electron chi connectivity index (χ3n) is 3.05. The van der Waals surface area contributed by atoms with E-state index in [1.807, 2.05) is 6.07 Å². The Labute approximate surface area is 124 Å². The number of nitrogens with zero attached hydrogens (tertiary/aromatic N) is 2. The molecule has 2 aromatic rings. The van der Waals surface area contributed by atoms with E-state index < -0.39 is 10.0 Å². The van der Waals surface area contributed by atoms with E-state index in [1.165, 1.54) is 26.3 Å². The first-order valence-electron chi connectivity index (χ1n) is 6.13. The van der Waals surface area contributed by atoms with Crippen molar-refractivity contribution in [3.8, 4) is 11.8 Å². The van der Waals surface area contributed by atoms with E-state index in [0.717, 1.165) is 4.31 Å². The molecular weight excluding hydrogens is 288 g/mol. The Morgan fingerprint density at radius 3 is 2.52 bits per heavy atom. The van der Waals surface area contributed by atoms with Crippen LogP contribution in [0.15, 0.2) is 53.4 Å². The lowest BCUT2D eigenvalue weighted by Gasteiger charge is -2.21. The summed E-state index contributed by atoms with van der Waals surface area (Å²) in [4.78, 5) is 0.0648. The van der Waals surface area contributed by atoms with Gasteiger partial charge >= 0.3 is 0 Å². The predicted molar refractivity (Wildman–Crippen MR) is 79.7 cm³/mol. The molecule has 0 spiro atoms. The first kappa shape index (κ1) is 14.9. The van der Waals surface area contributed by atoms with Gasteiger partial charge < -0.3 is 4.74 Å². The van der Waals surface area contributed by atoms with Crippen LogP contribution in [-0.4, -0.2) is 22.6 Å². The first-order valence-corrected chi connectivity index (χ1v) is 7.57. The number of ether oxygens (including phenoxy) is 1. The minimum Gasteiger partial charge on any atom is -0.495 e. The average Bonchev–Trinajstić information content (AvgIpc) is 2.54. The second-order valence-corrected chi connectivity index (χ2v) is 6.25. The molecule has 0 saturated heterocycles. The summed E-state index contributed by atoms with van der Waals surface area (Å²) in [6.45, 7) is 0. The summed E-state index contributed by atoms with van der Waals surface area (Å²) in [6.07, 6.45) is 0. The number of nitriles is 1. The summed E-state index contributed by atoms with van der Waals surface area (Å²) in [5, 5.41) is 8.89. The minimum absolute atomic E-state index is 0.0648. The molecule has 0 fully saturated rings. The summed E-state index contributed by atoms with van der Waals surface area (Å²) in [5.41, 5.74) is 0.729. The molecule has 0 aliphatic heterocycles. The third-order valence-corrected chi connectivity index (χ3v) is 4.81. The highest BCUT2D eigenvalue weighted by Crippen LogP contribution is 2.30. The molecule has 0 aliphatic rings. The molecule has 6 heteroatoms. The van der Waals surface area contributed by atoms with Crippen LogP contribution in [0.1, 0.15) is 5.56 Å². The second kappa shape index (κ2) is 5.85. The highest BCUT2D eigenvalue weighted by Gasteiger charge is 2.23. The first-order chi connectivity index (χ1) is 10.0. The lowest BCUT2D eigenvalue weighted by atomic mass is 10.2. The van der Waals surface area contributed by atoms with Crippen molar-refractivity contribution in [3.05, 3.63) is 54.1 Å². The lowest BCUT2D eigenvalue weighted by molar-refractivity contribution is 0.416. The van der Waals surface area contributed by atoms with Crippen molar-refractivity contribution in [2.24, 2.45) is 0 Å². The quantitative estimate of drug-likeness (QED) is 0.869. The van der Waals surface area contributed by atoms with E-state index in [2.05, 4.69) is 0 Å². The molecule has 0 bridgehead atoms. The minimum atomic E-state index is -3.75. The topological polar surface area (TPSA) is 70.4 Å². The molecule has 0 heterocycles. The summed E-state index contributed by atoms with van der Waals surface area (Å²) in [6, 6.07) is 14.7. The smallest absolute Gasteiger partial charge is 0.264 e. The van der Waals surface area contributed by atoms with E-state index >= 15 is 0 Å². The summed E-state index contributed by atoms with van der Waals surface area (Å²) < 4.78 is 31.6. The molecule has 0 radical (unpaired) electrons. The van der Waals surface area contributed by atoms with Gasteiger partial charge in [-0.15, -0.1) is 0 Å². The molecule has 2 aromatic carbocycles. The molecule has 0 unspecified atom stereocenters. The van der Waals surface area contributed by atoms with Gasteiger partial charge in [0.15, 0.2) is 0 Å². The van der Waals surface area contributed by atoms with Crippen molar-refractivity contribution in [2.75, 3.05) is 18.5 Å². The van der Waals surface area contributed by atoms with E-state index in [9.17, 15) is 8.42 Å². The van der Waals surface area contributed by atoms with Crippen LogP contribution in [0.5, 0.6) is 5.75 Å². The monoisotopic (exact) mass is 302 g/mol. The zero-order chi connectivity index (χ0) is 15.5. The van der Waals surface area contributed by atoms with Crippen LogP contribution in [0.2, 0.25) is 0 Å². The number of methoxy groups -OCH3 is 1. The van der Waals surface area contributed by atoms with E-state index in [1.54, 1.807) is 36.4 Å². The van der Waals surface area contributed by atoms with Crippen LogP contribution in [0.25, 0.3) is 0 Å². The molecule has 0 aromatic heterocycles. The zero-order valence-corrected chi connectivity index (χ0v) is 12.5. The molecule has 0 atom stereocenters. The van der Waals surface area contributed by atoms with E-state index in [4.69, 9.17) is 10.00 Å². The number of sulfonamides is 1. The van der Waals surface area contributed by atoms with Crippen LogP contribution in [0, 0.1) is 11.3 Å². The molecule has 0 aliphatic carbocycles. The zero-order valence-electron chi connectivity index (χ0n) is 11.6. The fraction of sp³-hybridized carbons (Fsp3) is 0.133.